The van der Waals surface area contributed by atoms with Gasteiger partial charge < -0.3 is 10.1 Å². The third-order valence-electron chi connectivity index (χ3n) is 2.38. The van der Waals surface area contributed by atoms with Gasteiger partial charge in [0.25, 0.3) is 0 Å². The molecule has 7 heteroatoms. The summed E-state index contributed by atoms with van der Waals surface area (Å²) in [5.74, 6) is 0.593. The first-order chi connectivity index (χ1) is 10.1. The second-order valence-corrected chi connectivity index (χ2v) is 7.22. The summed E-state index contributed by atoms with van der Waals surface area (Å²) < 4.78 is 43.6. The summed E-state index contributed by atoms with van der Waals surface area (Å²) >= 11 is 0.961. The fourth-order valence-corrected chi connectivity index (χ4v) is 2.54. The van der Waals surface area contributed by atoms with Crippen LogP contribution in [-0.4, -0.2) is 18.0 Å². The SMILES string of the molecule is COc1ccc(NC(SC(C)(C)C)=C(C#N)C(F)(F)F)cc1. The van der Waals surface area contributed by atoms with Gasteiger partial charge in [-0.15, -0.1) is 11.8 Å². The Bertz CT molecular complexity index is 581. The van der Waals surface area contributed by atoms with E-state index in [1.807, 2.05) is 0 Å². The number of thioether (sulfide) groups is 1. The van der Waals surface area contributed by atoms with Gasteiger partial charge in [0.1, 0.15) is 11.8 Å². The van der Waals surface area contributed by atoms with Gasteiger partial charge >= 0.3 is 6.18 Å². The van der Waals surface area contributed by atoms with Crippen LogP contribution in [0.25, 0.3) is 0 Å². The van der Waals surface area contributed by atoms with Gasteiger partial charge in [0, 0.05) is 10.4 Å². The van der Waals surface area contributed by atoms with Crippen molar-refractivity contribution in [2.75, 3.05) is 12.4 Å². The average molecular weight is 330 g/mol. The van der Waals surface area contributed by atoms with Crippen LogP contribution in [0, 0.1) is 11.3 Å². The van der Waals surface area contributed by atoms with Crippen molar-refractivity contribution in [3.05, 3.63) is 34.9 Å². The number of anilines is 1. The van der Waals surface area contributed by atoms with E-state index in [2.05, 4.69) is 5.32 Å². The molecule has 0 spiro atoms. The lowest BCUT2D eigenvalue weighted by molar-refractivity contribution is -0.0876. The fourth-order valence-electron chi connectivity index (χ4n) is 1.49. The third kappa shape index (κ3) is 5.53. The number of hydrogen-bond donors (Lipinski definition) is 1. The standard InChI is InChI=1S/C15H17F3N2OS/c1-14(2,3)22-13(12(9-19)15(16,17)18)20-10-5-7-11(21-4)8-6-10/h5-8,20H,1-4H3. The first-order valence-electron chi connectivity index (χ1n) is 6.38. The number of allylic oxidation sites excluding steroid dienone is 1. The minimum absolute atomic E-state index is 0.215. The van der Waals surface area contributed by atoms with Crippen molar-refractivity contribution < 1.29 is 17.9 Å². The summed E-state index contributed by atoms with van der Waals surface area (Å²) in [4.78, 5) is 0. The Balaban J connectivity index is 3.21. The normalized spacial score (nSPS) is 13.2. The monoisotopic (exact) mass is 330 g/mol. The molecule has 0 aliphatic carbocycles. The topological polar surface area (TPSA) is 45.0 Å². The van der Waals surface area contributed by atoms with E-state index in [1.165, 1.54) is 13.2 Å². The van der Waals surface area contributed by atoms with Crippen molar-refractivity contribution >= 4 is 17.4 Å². The van der Waals surface area contributed by atoms with Crippen molar-refractivity contribution in [1.29, 1.82) is 5.26 Å². The Kier molecular flexibility index (Phi) is 5.78. The lowest BCUT2D eigenvalue weighted by Gasteiger charge is -2.23. The van der Waals surface area contributed by atoms with Gasteiger partial charge in [-0.2, -0.15) is 18.4 Å². The first-order valence-corrected chi connectivity index (χ1v) is 7.20. The Labute approximate surface area is 132 Å². The predicted octanol–water partition coefficient (Wildman–Crippen LogP) is 4.94. The summed E-state index contributed by atoms with van der Waals surface area (Å²) in [7, 11) is 1.50. The predicted molar refractivity (Wildman–Crippen MR) is 82.7 cm³/mol. The van der Waals surface area contributed by atoms with Crippen molar-refractivity contribution in [2.45, 2.75) is 31.7 Å². The molecule has 0 aliphatic rings. The van der Waals surface area contributed by atoms with Crippen LogP contribution >= 0.6 is 11.8 Å². The van der Waals surface area contributed by atoms with Crippen molar-refractivity contribution in [2.24, 2.45) is 0 Å². The maximum Gasteiger partial charge on any atom is 0.428 e. The molecule has 1 rings (SSSR count). The number of ether oxygens (including phenoxy) is 1. The Morgan fingerprint density at radius 1 is 1.18 bits per heavy atom. The highest BCUT2D eigenvalue weighted by Gasteiger charge is 2.38. The van der Waals surface area contributed by atoms with Crippen LogP contribution in [0.5, 0.6) is 5.75 Å². The molecule has 0 atom stereocenters. The molecule has 1 aromatic rings. The smallest absolute Gasteiger partial charge is 0.428 e. The number of hydrogen-bond acceptors (Lipinski definition) is 4. The molecule has 0 fully saturated rings. The van der Waals surface area contributed by atoms with Gasteiger partial charge in [-0.05, 0) is 24.3 Å². The van der Waals surface area contributed by atoms with E-state index < -0.39 is 16.5 Å². The summed E-state index contributed by atoms with van der Waals surface area (Å²) in [5.41, 5.74) is -0.784. The van der Waals surface area contributed by atoms with Crippen LogP contribution < -0.4 is 10.1 Å². The highest BCUT2D eigenvalue weighted by molar-refractivity contribution is 8.04. The van der Waals surface area contributed by atoms with E-state index in [-0.39, 0.29) is 5.03 Å². The molecule has 0 unspecified atom stereocenters. The third-order valence-corrected chi connectivity index (χ3v) is 3.50. The minimum Gasteiger partial charge on any atom is -0.497 e. The molecule has 3 nitrogen and oxygen atoms in total. The lowest BCUT2D eigenvalue weighted by Crippen LogP contribution is -2.19. The molecule has 0 radical (unpaired) electrons. The molecule has 1 N–H and O–H groups in total. The van der Waals surface area contributed by atoms with E-state index in [0.29, 0.717) is 11.4 Å². The van der Waals surface area contributed by atoms with Crippen LogP contribution in [0.3, 0.4) is 0 Å². The first kappa shape index (κ1) is 18.2. The zero-order chi connectivity index (χ0) is 17.0. The second kappa shape index (κ2) is 6.97. The number of nitrogens with zero attached hydrogens (tertiary/aromatic N) is 1. The maximum atomic E-state index is 13.0. The summed E-state index contributed by atoms with van der Waals surface area (Å²) in [6.45, 7) is 5.33. The maximum absolute atomic E-state index is 13.0. The molecule has 22 heavy (non-hydrogen) atoms. The van der Waals surface area contributed by atoms with E-state index in [4.69, 9.17) is 10.00 Å². The molecule has 0 saturated carbocycles. The van der Waals surface area contributed by atoms with E-state index in [9.17, 15) is 13.2 Å². The molecule has 1 aromatic carbocycles. The minimum atomic E-state index is -4.71. The molecule has 0 aliphatic heterocycles. The highest BCUT2D eigenvalue weighted by Crippen LogP contribution is 2.38. The molecule has 120 valence electrons. The van der Waals surface area contributed by atoms with E-state index in [0.717, 1.165) is 11.8 Å². The summed E-state index contributed by atoms with van der Waals surface area (Å²) in [6.07, 6.45) is -4.71. The van der Waals surface area contributed by atoms with Crippen LogP contribution in [0.2, 0.25) is 0 Å². The number of halogens is 3. The molecular formula is C15H17F3N2OS. The van der Waals surface area contributed by atoms with Gasteiger partial charge in [-0.3, -0.25) is 0 Å². The van der Waals surface area contributed by atoms with E-state index >= 15 is 0 Å². The fraction of sp³-hybridized carbons (Fsp3) is 0.400. The van der Waals surface area contributed by atoms with Gasteiger partial charge in [-0.1, -0.05) is 20.8 Å². The Hall–Kier alpha value is -1.81. The number of rotatable bonds is 4. The van der Waals surface area contributed by atoms with Crippen molar-refractivity contribution in [3.63, 3.8) is 0 Å². The number of alkyl halides is 3. The zero-order valence-electron chi connectivity index (χ0n) is 12.7. The van der Waals surface area contributed by atoms with Gasteiger partial charge in [-0.25, -0.2) is 0 Å². The zero-order valence-corrected chi connectivity index (χ0v) is 13.5. The van der Waals surface area contributed by atoms with Gasteiger partial charge in [0.05, 0.1) is 12.1 Å². The molecule has 0 bridgehead atoms. The van der Waals surface area contributed by atoms with Crippen LogP contribution in [-0.2, 0) is 0 Å². The highest BCUT2D eigenvalue weighted by atomic mass is 32.2. The number of nitrogens with one attached hydrogen (secondary N) is 1. The van der Waals surface area contributed by atoms with Crippen LogP contribution in [0.15, 0.2) is 34.9 Å². The molecule has 0 amide bonds. The molecule has 0 heterocycles. The molecular weight excluding hydrogens is 313 g/mol. The lowest BCUT2D eigenvalue weighted by atomic mass is 10.2. The number of methoxy groups -OCH3 is 1. The quantitative estimate of drug-likeness (QED) is 0.795. The van der Waals surface area contributed by atoms with E-state index in [1.54, 1.807) is 45.0 Å². The Morgan fingerprint density at radius 3 is 2.09 bits per heavy atom. The van der Waals surface area contributed by atoms with Crippen LogP contribution in [0.1, 0.15) is 20.8 Å². The van der Waals surface area contributed by atoms with Crippen molar-refractivity contribution in [3.8, 4) is 11.8 Å². The second-order valence-electron chi connectivity index (χ2n) is 5.38. The van der Waals surface area contributed by atoms with Crippen molar-refractivity contribution in [1.82, 2.24) is 0 Å². The van der Waals surface area contributed by atoms with Gasteiger partial charge in [0.2, 0.25) is 0 Å². The number of benzene rings is 1. The molecule has 0 saturated heterocycles. The van der Waals surface area contributed by atoms with Crippen LogP contribution in [0.4, 0.5) is 18.9 Å². The summed E-state index contributed by atoms with van der Waals surface area (Å²) in [6, 6.07) is 7.69. The Morgan fingerprint density at radius 2 is 1.73 bits per heavy atom. The molecule has 0 aromatic heterocycles. The van der Waals surface area contributed by atoms with Gasteiger partial charge in [0.15, 0.2) is 5.57 Å². The summed E-state index contributed by atoms with van der Waals surface area (Å²) in [5, 5.41) is 11.4. The number of nitriles is 1. The average Bonchev–Trinajstić information content (AvgIpc) is 2.36. The largest absolute Gasteiger partial charge is 0.497 e.